The third-order valence-electron chi connectivity index (χ3n) is 10.2. The van der Waals surface area contributed by atoms with Crippen molar-refractivity contribution in [1.29, 1.82) is 0 Å². The molecule has 0 aliphatic carbocycles. The fourth-order valence-electron chi connectivity index (χ4n) is 6.92. The Morgan fingerprint density at radius 3 is 1.87 bits per heavy atom. The Morgan fingerprint density at radius 1 is 0.623 bits per heavy atom. The van der Waals surface area contributed by atoms with Crippen molar-refractivity contribution < 1.29 is 13.6 Å². The molecule has 0 saturated heterocycles. The molecule has 0 spiro atoms. The number of pyridine rings is 2. The summed E-state index contributed by atoms with van der Waals surface area (Å²) in [6.45, 7) is 22.5. The maximum Gasteiger partial charge on any atom is 0.181 e. The largest absolute Gasteiger partial charge is 0.292 e. The van der Waals surface area contributed by atoms with Crippen molar-refractivity contribution in [3.8, 4) is 0 Å². The molecule has 0 bridgehead atoms. The number of ketones is 1. The molecule has 0 fully saturated rings. The van der Waals surface area contributed by atoms with Crippen molar-refractivity contribution in [1.82, 2.24) is 9.97 Å². The van der Waals surface area contributed by atoms with E-state index in [1.54, 1.807) is 24.3 Å². The summed E-state index contributed by atoms with van der Waals surface area (Å²) in [4.78, 5) is 21.5. The molecule has 3 nitrogen and oxygen atoms in total. The highest BCUT2D eigenvalue weighted by atomic mass is 35.5. The van der Waals surface area contributed by atoms with E-state index in [1.165, 1.54) is 34.4 Å². The van der Waals surface area contributed by atoms with Crippen molar-refractivity contribution >= 4 is 23.0 Å². The molecule has 0 aliphatic heterocycles. The molecule has 61 heavy (non-hydrogen) atoms. The third kappa shape index (κ3) is 16.6. The topological polar surface area (TPSA) is 42.9 Å². The van der Waals surface area contributed by atoms with E-state index in [-0.39, 0.29) is 17.4 Å². The number of allylic oxidation sites excluding steroid dienone is 1. The number of carbonyl (C=O) groups excluding carboxylic acids is 1. The van der Waals surface area contributed by atoms with E-state index < -0.39 is 0 Å². The van der Waals surface area contributed by atoms with Gasteiger partial charge in [-0.25, -0.2) is 13.8 Å². The maximum atomic E-state index is 14.4. The summed E-state index contributed by atoms with van der Waals surface area (Å²) in [6, 6.07) is 34.4. The van der Waals surface area contributed by atoms with Gasteiger partial charge in [-0.15, -0.1) is 0 Å². The number of hydrogen-bond acceptors (Lipinski definition) is 3. The van der Waals surface area contributed by atoms with E-state index >= 15 is 0 Å². The normalized spacial score (nSPS) is 10.4. The first-order valence-electron chi connectivity index (χ1n) is 21.8. The molecule has 2 aromatic heterocycles. The molecule has 0 aliphatic rings. The second kappa shape index (κ2) is 26.2. The van der Waals surface area contributed by atoms with Gasteiger partial charge in [0, 0.05) is 35.7 Å². The molecule has 0 saturated carbocycles. The Hall–Kier alpha value is -5.26. The lowest BCUT2D eigenvalue weighted by Gasteiger charge is -2.13. The van der Waals surface area contributed by atoms with Crippen LogP contribution >= 0.6 is 11.6 Å². The Balaban J connectivity index is 0.000000273. The molecule has 6 rings (SSSR count). The quantitative estimate of drug-likeness (QED) is 0.103. The van der Waals surface area contributed by atoms with Gasteiger partial charge in [-0.2, -0.15) is 0 Å². The van der Waals surface area contributed by atoms with Crippen LogP contribution in [0.3, 0.4) is 0 Å². The Bertz CT molecular complexity index is 2290. The highest BCUT2D eigenvalue weighted by Crippen LogP contribution is 2.24. The van der Waals surface area contributed by atoms with Gasteiger partial charge >= 0.3 is 0 Å². The van der Waals surface area contributed by atoms with E-state index in [9.17, 15) is 13.6 Å². The van der Waals surface area contributed by atoms with Gasteiger partial charge in [0.25, 0.3) is 0 Å². The molecule has 6 aromatic rings. The average molecular weight is 844 g/mol. The van der Waals surface area contributed by atoms with Crippen LogP contribution < -0.4 is 0 Å². The number of halogens is 3. The lowest BCUT2D eigenvalue weighted by molar-refractivity contribution is 0.0976. The molecule has 6 heteroatoms. The van der Waals surface area contributed by atoms with E-state index in [4.69, 9.17) is 16.6 Å². The van der Waals surface area contributed by atoms with Crippen LogP contribution in [-0.2, 0) is 32.1 Å². The summed E-state index contributed by atoms with van der Waals surface area (Å²) in [6.07, 6.45) is 7.20. The molecule has 0 N–H and O–H groups in total. The average Bonchev–Trinajstić information content (AvgIpc) is 3.24. The highest BCUT2D eigenvalue weighted by molar-refractivity contribution is 6.30. The van der Waals surface area contributed by atoms with Crippen LogP contribution in [-0.4, -0.2) is 15.8 Å². The number of hydrogen-bond donors (Lipinski definition) is 0. The number of nitrogens with zero attached hydrogens (tertiary/aromatic N) is 2. The van der Waals surface area contributed by atoms with Crippen LogP contribution in [0, 0.1) is 39.3 Å². The minimum absolute atomic E-state index is 0.0657. The summed E-state index contributed by atoms with van der Waals surface area (Å²) < 4.78 is 26.7. The van der Waals surface area contributed by atoms with E-state index in [0.717, 1.165) is 82.6 Å². The lowest BCUT2D eigenvalue weighted by atomic mass is 9.94. The third-order valence-corrected chi connectivity index (χ3v) is 10.5. The van der Waals surface area contributed by atoms with E-state index in [1.807, 2.05) is 77.9 Å². The zero-order chi connectivity index (χ0) is 44.9. The van der Waals surface area contributed by atoms with Gasteiger partial charge in [-0.1, -0.05) is 119 Å². The van der Waals surface area contributed by atoms with Crippen molar-refractivity contribution in [2.75, 3.05) is 0 Å². The second-order valence-electron chi connectivity index (χ2n) is 15.3. The van der Waals surface area contributed by atoms with E-state index in [2.05, 4.69) is 68.7 Å². The molecule has 0 radical (unpaired) electrons. The molecule has 0 unspecified atom stereocenters. The fourth-order valence-corrected chi connectivity index (χ4v) is 7.11. The summed E-state index contributed by atoms with van der Waals surface area (Å²) in [5.74, 6) is -0.241. The summed E-state index contributed by atoms with van der Waals surface area (Å²) >= 11 is 6.26. The standard InChI is InChI=1S/C26H27ClFNO.C19H23N.C8H9F.C2H6/c1-4-6-26(30)25-8-5-7-22(29-25)16-20-15-21(27)11-9-19(20)10-12-23-18(3)13-17(2)14-24(23)28;1-5-7-16(4)19-9-6-8-18(20-19)13-17-12-14(2)10-11-15(17)3;1-2-7-3-5-8(9)6-4-7;1-2/h5,7-9,11,13-15H,4,6,10,12,16H2,1-3H3;6,8-12H,4-5,7,13H2,1-3H3;3-6H,2H2,1H3;1-2H3. The zero-order valence-corrected chi connectivity index (χ0v) is 38.7. The SMILES string of the molecule is C=C(CCC)c1cccc(Cc2cc(C)ccc2C)n1.CC.CCCC(=O)c1cccc(Cc2cc(Cl)ccc2CCc2c(C)cc(C)cc2F)n1.CCc1ccc(F)cc1. The number of benzene rings is 4. The van der Waals surface area contributed by atoms with Gasteiger partial charge in [0.2, 0.25) is 0 Å². The van der Waals surface area contributed by atoms with Crippen LogP contribution in [0.15, 0.2) is 116 Å². The Labute approximate surface area is 370 Å². The highest BCUT2D eigenvalue weighted by Gasteiger charge is 2.13. The predicted molar refractivity (Wildman–Crippen MR) is 255 cm³/mol. The first-order valence-corrected chi connectivity index (χ1v) is 22.1. The fraction of sp³-hybridized carbons (Fsp3) is 0.327. The van der Waals surface area contributed by atoms with Crippen LogP contribution in [0.25, 0.3) is 5.57 Å². The predicted octanol–water partition coefficient (Wildman–Crippen LogP) is 15.4. The monoisotopic (exact) mass is 842 g/mol. The van der Waals surface area contributed by atoms with Gasteiger partial charge < -0.3 is 0 Å². The number of carbonyl (C=O) groups is 1. The molecule has 2 heterocycles. The first-order chi connectivity index (χ1) is 29.3. The summed E-state index contributed by atoms with van der Waals surface area (Å²) in [5.41, 5.74) is 14.6. The molecular weight excluding hydrogens is 778 g/mol. The van der Waals surface area contributed by atoms with Gasteiger partial charge in [-0.3, -0.25) is 9.78 Å². The van der Waals surface area contributed by atoms with Crippen molar-refractivity contribution in [3.05, 3.63) is 205 Å². The molecular formula is C55H65ClF2N2O. The zero-order valence-electron chi connectivity index (χ0n) is 37.9. The molecule has 4 aromatic carbocycles. The van der Waals surface area contributed by atoms with Gasteiger partial charge in [0.05, 0.1) is 5.69 Å². The van der Waals surface area contributed by atoms with Gasteiger partial charge in [-0.05, 0) is 164 Å². The maximum absolute atomic E-state index is 14.4. The van der Waals surface area contributed by atoms with Crippen LogP contribution in [0.1, 0.15) is 138 Å². The smallest absolute Gasteiger partial charge is 0.181 e. The van der Waals surface area contributed by atoms with Crippen molar-refractivity contribution in [3.63, 3.8) is 0 Å². The molecule has 0 amide bonds. The molecule has 0 atom stereocenters. The Morgan fingerprint density at radius 2 is 1.25 bits per heavy atom. The lowest BCUT2D eigenvalue weighted by Crippen LogP contribution is -2.06. The Kier molecular flexibility index (Phi) is 21.5. The molecule has 322 valence electrons. The minimum atomic E-state index is -0.160. The summed E-state index contributed by atoms with van der Waals surface area (Å²) in [7, 11) is 0. The van der Waals surface area contributed by atoms with Crippen molar-refractivity contribution in [2.24, 2.45) is 0 Å². The second-order valence-corrected chi connectivity index (χ2v) is 15.7. The van der Waals surface area contributed by atoms with Crippen LogP contribution in [0.5, 0.6) is 0 Å². The number of Topliss-reactive ketones (excluding diaryl/α,β-unsaturated/α-hetero) is 1. The summed E-state index contributed by atoms with van der Waals surface area (Å²) in [5, 5.41) is 0.657. The number of aromatic nitrogens is 2. The van der Waals surface area contributed by atoms with Gasteiger partial charge in [0.15, 0.2) is 5.78 Å². The van der Waals surface area contributed by atoms with Crippen LogP contribution in [0.4, 0.5) is 8.78 Å². The van der Waals surface area contributed by atoms with Gasteiger partial charge in [0.1, 0.15) is 17.3 Å². The van der Waals surface area contributed by atoms with Crippen LogP contribution in [0.2, 0.25) is 5.02 Å². The van der Waals surface area contributed by atoms with Crippen molar-refractivity contribution in [2.45, 2.75) is 120 Å². The first kappa shape index (κ1) is 50.1. The number of aryl methyl sites for hydroxylation is 6. The minimum Gasteiger partial charge on any atom is -0.292 e. The van der Waals surface area contributed by atoms with E-state index in [0.29, 0.717) is 36.4 Å². The number of rotatable bonds is 14.